The van der Waals surface area contributed by atoms with Crippen molar-refractivity contribution in [3.63, 3.8) is 0 Å². The number of ether oxygens (including phenoxy) is 1. The lowest BCUT2D eigenvalue weighted by Crippen LogP contribution is -3.12. The number of fused-ring (bicyclic) bond motifs is 1. The van der Waals surface area contributed by atoms with Crippen molar-refractivity contribution in [3.8, 4) is 5.75 Å². The lowest BCUT2D eigenvalue weighted by molar-refractivity contribution is -0.894. The average Bonchev–Trinajstić information content (AvgIpc) is 3.13. The van der Waals surface area contributed by atoms with Crippen LogP contribution in [-0.2, 0) is 0 Å². The van der Waals surface area contributed by atoms with Crippen LogP contribution in [0.15, 0.2) is 36.4 Å². The maximum absolute atomic E-state index is 13.5. The Kier molecular flexibility index (Phi) is 6.87. The number of methoxy groups -OCH3 is 1. The van der Waals surface area contributed by atoms with E-state index in [-0.39, 0.29) is 5.91 Å². The van der Waals surface area contributed by atoms with Crippen LogP contribution < -0.4 is 14.5 Å². The van der Waals surface area contributed by atoms with Gasteiger partial charge in [-0.15, -0.1) is 0 Å². The largest absolute Gasteiger partial charge is 0.497 e. The molecule has 6 heteroatoms. The van der Waals surface area contributed by atoms with E-state index >= 15 is 0 Å². The minimum absolute atomic E-state index is 0.0140. The zero-order valence-electron chi connectivity index (χ0n) is 17.9. The molecule has 0 atom stereocenters. The number of aromatic nitrogens is 1. The molecule has 0 aliphatic rings. The van der Waals surface area contributed by atoms with E-state index in [4.69, 9.17) is 9.72 Å². The second-order valence-corrected chi connectivity index (χ2v) is 8.32. The lowest BCUT2D eigenvalue weighted by atomic mass is 10.0. The Morgan fingerprint density at radius 3 is 2.55 bits per heavy atom. The van der Waals surface area contributed by atoms with Gasteiger partial charge in [0.2, 0.25) is 0 Å². The van der Waals surface area contributed by atoms with Crippen LogP contribution in [-0.4, -0.2) is 44.2 Å². The molecule has 0 saturated heterocycles. The third-order valence-corrected chi connectivity index (χ3v) is 6.42. The average molecular weight is 413 g/mol. The van der Waals surface area contributed by atoms with Crippen LogP contribution >= 0.6 is 11.3 Å². The summed E-state index contributed by atoms with van der Waals surface area (Å²) in [6.07, 6.45) is 0. The van der Waals surface area contributed by atoms with E-state index in [9.17, 15) is 4.79 Å². The minimum Gasteiger partial charge on any atom is -0.497 e. The Bertz CT molecular complexity index is 995. The van der Waals surface area contributed by atoms with Crippen molar-refractivity contribution in [1.82, 2.24) is 4.98 Å². The van der Waals surface area contributed by atoms with Gasteiger partial charge in [0.1, 0.15) is 5.75 Å². The molecule has 3 aromatic rings. The number of quaternary nitrogens is 1. The number of hydrogen-bond donors (Lipinski definition) is 1. The Hall–Kier alpha value is -2.44. The first kappa shape index (κ1) is 21.3. The fourth-order valence-corrected chi connectivity index (χ4v) is 4.46. The molecule has 0 fully saturated rings. The van der Waals surface area contributed by atoms with Gasteiger partial charge in [-0.3, -0.25) is 9.69 Å². The zero-order valence-corrected chi connectivity index (χ0v) is 18.7. The Morgan fingerprint density at radius 2 is 1.90 bits per heavy atom. The van der Waals surface area contributed by atoms with Gasteiger partial charge < -0.3 is 9.64 Å². The minimum atomic E-state index is 0.0140. The van der Waals surface area contributed by atoms with Crippen LogP contribution in [0.1, 0.15) is 35.3 Å². The molecule has 1 aromatic heterocycles. The highest BCUT2D eigenvalue weighted by Gasteiger charge is 2.24. The molecule has 0 saturated carbocycles. The fourth-order valence-electron chi connectivity index (χ4n) is 3.49. The number of anilines is 1. The zero-order chi connectivity index (χ0) is 21.0. The van der Waals surface area contributed by atoms with Gasteiger partial charge in [0.25, 0.3) is 5.91 Å². The molecule has 0 bridgehead atoms. The van der Waals surface area contributed by atoms with Gasteiger partial charge in [-0.2, -0.15) is 0 Å². The van der Waals surface area contributed by atoms with Crippen molar-refractivity contribution in [1.29, 1.82) is 0 Å². The highest BCUT2D eigenvalue weighted by Crippen LogP contribution is 2.32. The number of nitrogens with one attached hydrogen (secondary N) is 1. The SMILES string of the molecule is CC[NH+](CC)CCN(C(=O)c1ccc(C)cc1C)c1nc2cc(OC)ccc2s1. The predicted octanol–water partition coefficient (Wildman–Crippen LogP) is 3.49. The van der Waals surface area contributed by atoms with Crippen molar-refractivity contribution in [2.24, 2.45) is 0 Å². The first-order chi connectivity index (χ1) is 14.0. The number of carbonyl (C=O) groups is 1. The van der Waals surface area contributed by atoms with Crippen molar-refractivity contribution in [2.45, 2.75) is 27.7 Å². The summed E-state index contributed by atoms with van der Waals surface area (Å²) in [6, 6.07) is 11.8. The van der Waals surface area contributed by atoms with E-state index < -0.39 is 0 Å². The van der Waals surface area contributed by atoms with Crippen LogP contribution in [0.5, 0.6) is 5.75 Å². The molecule has 1 amide bonds. The molecule has 29 heavy (non-hydrogen) atoms. The molecule has 5 nitrogen and oxygen atoms in total. The van der Waals surface area contributed by atoms with Crippen molar-refractivity contribution in [2.75, 3.05) is 38.2 Å². The quantitative estimate of drug-likeness (QED) is 0.616. The van der Waals surface area contributed by atoms with Gasteiger partial charge in [-0.1, -0.05) is 29.0 Å². The predicted molar refractivity (Wildman–Crippen MR) is 121 cm³/mol. The number of thiazole rings is 1. The molecule has 2 aromatic carbocycles. The van der Waals surface area contributed by atoms with Gasteiger partial charge in [-0.05, 0) is 51.5 Å². The summed E-state index contributed by atoms with van der Waals surface area (Å²) in [5, 5.41) is 0.741. The van der Waals surface area contributed by atoms with E-state index in [2.05, 4.69) is 19.9 Å². The fraction of sp³-hybridized carbons (Fsp3) is 0.391. The van der Waals surface area contributed by atoms with E-state index in [0.29, 0.717) is 6.54 Å². The van der Waals surface area contributed by atoms with E-state index in [1.54, 1.807) is 18.4 Å². The number of aryl methyl sites for hydroxylation is 2. The normalized spacial score (nSPS) is 11.2. The summed E-state index contributed by atoms with van der Waals surface area (Å²) < 4.78 is 6.37. The smallest absolute Gasteiger partial charge is 0.260 e. The van der Waals surface area contributed by atoms with Crippen LogP contribution in [0.4, 0.5) is 5.13 Å². The lowest BCUT2D eigenvalue weighted by Gasteiger charge is -2.23. The number of hydrogen-bond acceptors (Lipinski definition) is 4. The third-order valence-electron chi connectivity index (χ3n) is 5.36. The van der Waals surface area contributed by atoms with E-state index in [1.807, 2.05) is 49.1 Å². The Balaban J connectivity index is 1.99. The highest BCUT2D eigenvalue weighted by atomic mass is 32.1. The summed E-state index contributed by atoms with van der Waals surface area (Å²) in [7, 11) is 1.65. The number of likely N-dealkylation sites (N-methyl/N-ethyl adjacent to an activating group) is 1. The Morgan fingerprint density at radius 1 is 1.14 bits per heavy atom. The van der Waals surface area contributed by atoms with Gasteiger partial charge in [0.15, 0.2) is 5.13 Å². The first-order valence-corrected chi connectivity index (χ1v) is 11.0. The Labute approximate surface area is 176 Å². The molecule has 0 spiro atoms. The molecule has 1 N–H and O–H groups in total. The maximum atomic E-state index is 13.5. The van der Waals surface area contributed by atoms with Crippen LogP contribution in [0.25, 0.3) is 10.2 Å². The van der Waals surface area contributed by atoms with Crippen molar-refractivity contribution < 1.29 is 14.4 Å². The first-order valence-electron chi connectivity index (χ1n) is 10.1. The third kappa shape index (κ3) is 4.77. The number of carbonyl (C=O) groups excluding carboxylic acids is 1. The van der Waals surface area contributed by atoms with Gasteiger partial charge in [-0.25, -0.2) is 4.98 Å². The maximum Gasteiger partial charge on any atom is 0.260 e. The van der Waals surface area contributed by atoms with Gasteiger partial charge >= 0.3 is 0 Å². The summed E-state index contributed by atoms with van der Waals surface area (Å²) in [4.78, 5) is 21.6. The summed E-state index contributed by atoms with van der Waals surface area (Å²) in [5.41, 5.74) is 3.75. The second kappa shape index (κ2) is 9.37. The van der Waals surface area contributed by atoms with Gasteiger partial charge in [0, 0.05) is 11.6 Å². The van der Waals surface area contributed by atoms with Crippen molar-refractivity contribution in [3.05, 3.63) is 53.1 Å². The van der Waals surface area contributed by atoms with Gasteiger partial charge in [0.05, 0.1) is 43.5 Å². The summed E-state index contributed by atoms with van der Waals surface area (Å²) >= 11 is 1.55. The topological polar surface area (TPSA) is 46.9 Å². The molecular weight excluding hydrogens is 382 g/mol. The summed E-state index contributed by atoms with van der Waals surface area (Å²) in [5.74, 6) is 0.786. The second-order valence-electron chi connectivity index (χ2n) is 7.31. The summed E-state index contributed by atoms with van der Waals surface area (Å²) in [6.45, 7) is 12.0. The molecule has 1 heterocycles. The molecule has 154 valence electrons. The van der Waals surface area contributed by atoms with Crippen LogP contribution in [0.2, 0.25) is 0 Å². The van der Waals surface area contributed by atoms with Crippen LogP contribution in [0.3, 0.4) is 0 Å². The van der Waals surface area contributed by atoms with E-state index in [0.717, 1.165) is 57.4 Å². The molecule has 0 unspecified atom stereocenters. The highest BCUT2D eigenvalue weighted by molar-refractivity contribution is 7.22. The molecule has 3 rings (SSSR count). The number of amides is 1. The van der Waals surface area contributed by atoms with E-state index in [1.165, 1.54) is 4.90 Å². The van der Waals surface area contributed by atoms with Crippen molar-refractivity contribution >= 4 is 32.6 Å². The number of benzene rings is 2. The molecule has 0 aliphatic carbocycles. The van der Waals surface area contributed by atoms with Crippen LogP contribution in [0, 0.1) is 13.8 Å². The molecular formula is C23H30N3O2S+. The molecule has 0 radical (unpaired) electrons. The standard InChI is InChI=1S/C23H29N3O2S/c1-6-25(7-2)12-13-26(22(27)19-10-8-16(3)14-17(19)4)23-24-20-15-18(28-5)9-11-21(20)29-23/h8-11,14-15H,6-7,12-13H2,1-5H3/p+1. The molecule has 0 aliphatic heterocycles. The monoisotopic (exact) mass is 412 g/mol. The number of rotatable bonds is 8. The number of nitrogens with zero attached hydrogens (tertiary/aromatic N) is 2.